The Morgan fingerprint density at radius 2 is 2.17 bits per heavy atom. The lowest BCUT2D eigenvalue weighted by atomic mass is 10.2. The molecule has 0 saturated heterocycles. The Morgan fingerprint density at radius 3 is 2.67 bits per heavy atom. The lowest BCUT2D eigenvalue weighted by Crippen LogP contribution is -2.40. The second-order valence-corrected chi connectivity index (χ2v) is 4.19. The fraction of sp³-hybridized carbons (Fsp3) is 0.700. The lowest BCUT2D eigenvalue weighted by molar-refractivity contribution is -0.138. The van der Waals surface area contributed by atoms with Gasteiger partial charge in [0.2, 0.25) is 5.91 Å². The number of rotatable bonds is 7. The molecule has 1 rings (SSSR count). The van der Waals surface area contributed by atoms with Crippen LogP contribution in [0.15, 0.2) is 6.33 Å². The number of carboxylic acid groups (broad SMARTS) is 1. The molecule has 0 radical (unpaired) electrons. The number of aromatic nitrogens is 4. The molecule has 0 bridgehead atoms. The standard InChI is InChI=1S/C10H17N5O3/c1-8(2)15(5-3-4-10(17)18)9(16)6-14-7-11-12-13-14/h7-8H,3-6H2,1-2H3,(H,17,18). The normalized spacial score (nSPS) is 10.6. The third-order valence-corrected chi connectivity index (χ3v) is 2.42. The number of aliphatic carboxylic acids is 1. The maximum Gasteiger partial charge on any atom is 0.303 e. The van der Waals surface area contributed by atoms with Gasteiger partial charge in [-0.25, -0.2) is 4.68 Å². The average molecular weight is 255 g/mol. The van der Waals surface area contributed by atoms with Crippen LogP contribution in [0.1, 0.15) is 26.7 Å². The second kappa shape index (κ2) is 6.67. The van der Waals surface area contributed by atoms with E-state index < -0.39 is 5.97 Å². The molecule has 0 aromatic carbocycles. The highest BCUT2D eigenvalue weighted by Crippen LogP contribution is 2.03. The number of amides is 1. The van der Waals surface area contributed by atoms with Crippen LogP contribution in [-0.4, -0.2) is 54.7 Å². The molecule has 8 heteroatoms. The molecule has 1 N–H and O–H groups in total. The van der Waals surface area contributed by atoms with Crippen molar-refractivity contribution < 1.29 is 14.7 Å². The quantitative estimate of drug-likeness (QED) is 0.722. The van der Waals surface area contributed by atoms with Crippen molar-refractivity contribution in [3.63, 3.8) is 0 Å². The summed E-state index contributed by atoms with van der Waals surface area (Å²) in [5.74, 6) is -0.977. The highest BCUT2D eigenvalue weighted by Gasteiger charge is 2.17. The number of hydrogen-bond donors (Lipinski definition) is 1. The van der Waals surface area contributed by atoms with E-state index in [9.17, 15) is 9.59 Å². The van der Waals surface area contributed by atoms with Gasteiger partial charge in [-0.1, -0.05) is 0 Å². The number of hydrogen-bond acceptors (Lipinski definition) is 5. The molecule has 0 aliphatic rings. The Balaban J connectivity index is 2.50. The van der Waals surface area contributed by atoms with Gasteiger partial charge < -0.3 is 10.0 Å². The number of carbonyl (C=O) groups is 2. The van der Waals surface area contributed by atoms with E-state index in [1.54, 1.807) is 4.90 Å². The summed E-state index contributed by atoms with van der Waals surface area (Å²) >= 11 is 0. The predicted octanol–water partition coefficient (Wildman–Crippen LogP) is -0.225. The van der Waals surface area contributed by atoms with Crippen LogP contribution in [0.25, 0.3) is 0 Å². The Hall–Kier alpha value is -1.99. The summed E-state index contributed by atoms with van der Waals surface area (Å²) in [5.41, 5.74) is 0. The Morgan fingerprint density at radius 1 is 1.44 bits per heavy atom. The SMILES string of the molecule is CC(C)N(CCCC(=O)O)C(=O)Cn1cnnn1. The lowest BCUT2D eigenvalue weighted by Gasteiger charge is -2.26. The van der Waals surface area contributed by atoms with E-state index in [2.05, 4.69) is 15.5 Å². The molecule has 1 aromatic rings. The van der Waals surface area contributed by atoms with E-state index >= 15 is 0 Å². The van der Waals surface area contributed by atoms with Crippen molar-refractivity contribution in [3.05, 3.63) is 6.33 Å². The van der Waals surface area contributed by atoms with E-state index in [0.717, 1.165) is 0 Å². The van der Waals surface area contributed by atoms with Crippen LogP contribution >= 0.6 is 0 Å². The number of carbonyl (C=O) groups excluding carboxylic acids is 1. The molecular weight excluding hydrogens is 238 g/mol. The summed E-state index contributed by atoms with van der Waals surface area (Å²) in [6, 6.07) is 0.0165. The summed E-state index contributed by atoms with van der Waals surface area (Å²) in [4.78, 5) is 24.1. The molecule has 0 aliphatic carbocycles. The van der Waals surface area contributed by atoms with Gasteiger partial charge in [-0.3, -0.25) is 9.59 Å². The highest BCUT2D eigenvalue weighted by atomic mass is 16.4. The third kappa shape index (κ3) is 4.48. The molecule has 0 saturated carbocycles. The number of nitrogens with zero attached hydrogens (tertiary/aromatic N) is 5. The minimum atomic E-state index is -0.855. The van der Waals surface area contributed by atoms with E-state index in [-0.39, 0.29) is 24.9 Å². The predicted molar refractivity (Wildman–Crippen MR) is 61.5 cm³/mol. The molecule has 1 heterocycles. The van der Waals surface area contributed by atoms with Crippen molar-refractivity contribution in [2.75, 3.05) is 6.54 Å². The van der Waals surface area contributed by atoms with Crippen molar-refractivity contribution in [2.24, 2.45) is 0 Å². The first kappa shape index (κ1) is 14.1. The van der Waals surface area contributed by atoms with Crippen molar-refractivity contribution >= 4 is 11.9 Å². The molecule has 0 aliphatic heterocycles. The average Bonchev–Trinajstić information content (AvgIpc) is 2.75. The summed E-state index contributed by atoms with van der Waals surface area (Å²) in [6.07, 6.45) is 1.86. The second-order valence-electron chi connectivity index (χ2n) is 4.19. The molecule has 100 valence electrons. The van der Waals surface area contributed by atoms with Crippen LogP contribution in [0.2, 0.25) is 0 Å². The van der Waals surface area contributed by atoms with E-state index in [0.29, 0.717) is 13.0 Å². The minimum Gasteiger partial charge on any atom is -0.481 e. The number of tetrazole rings is 1. The molecule has 0 atom stereocenters. The smallest absolute Gasteiger partial charge is 0.303 e. The topological polar surface area (TPSA) is 101 Å². The molecule has 1 amide bonds. The van der Waals surface area contributed by atoms with Crippen molar-refractivity contribution in [2.45, 2.75) is 39.3 Å². The van der Waals surface area contributed by atoms with Crippen LogP contribution in [-0.2, 0) is 16.1 Å². The summed E-state index contributed by atoms with van der Waals surface area (Å²) in [7, 11) is 0. The van der Waals surface area contributed by atoms with E-state index in [1.807, 2.05) is 13.8 Å². The molecule has 0 unspecified atom stereocenters. The van der Waals surface area contributed by atoms with Crippen LogP contribution in [0.4, 0.5) is 0 Å². The first-order valence-electron chi connectivity index (χ1n) is 5.72. The zero-order valence-corrected chi connectivity index (χ0v) is 10.5. The van der Waals surface area contributed by atoms with Gasteiger partial charge in [0.25, 0.3) is 0 Å². The van der Waals surface area contributed by atoms with Gasteiger partial charge in [-0.15, -0.1) is 5.10 Å². The Kier molecular flexibility index (Phi) is 5.22. The first-order valence-corrected chi connectivity index (χ1v) is 5.72. The van der Waals surface area contributed by atoms with Crippen LogP contribution in [0.5, 0.6) is 0 Å². The zero-order valence-electron chi connectivity index (χ0n) is 10.5. The Labute approximate surface area is 105 Å². The van der Waals surface area contributed by atoms with Crippen molar-refractivity contribution in [1.82, 2.24) is 25.1 Å². The largest absolute Gasteiger partial charge is 0.481 e. The van der Waals surface area contributed by atoms with E-state index in [4.69, 9.17) is 5.11 Å². The minimum absolute atomic E-state index is 0.0165. The number of carboxylic acids is 1. The Bertz CT molecular complexity index is 390. The molecule has 18 heavy (non-hydrogen) atoms. The van der Waals surface area contributed by atoms with Gasteiger partial charge in [-0.2, -0.15) is 0 Å². The molecule has 0 spiro atoms. The first-order chi connectivity index (χ1) is 8.50. The summed E-state index contributed by atoms with van der Waals surface area (Å²) in [6.45, 7) is 4.26. The summed E-state index contributed by atoms with van der Waals surface area (Å²) < 4.78 is 1.34. The molecular formula is C10H17N5O3. The van der Waals surface area contributed by atoms with E-state index in [1.165, 1.54) is 11.0 Å². The zero-order chi connectivity index (χ0) is 13.5. The maximum atomic E-state index is 12.0. The fourth-order valence-corrected chi connectivity index (χ4v) is 1.55. The van der Waals surface area contributed by atoms with Crippen LogP contribution in [0.3, 0.4) is 0 Å². The van der Waals surface area contributed by atoms with Gasteiger partial charge in [0.1, 0.15) is 12.9 Å². The van der Waals surface area contributed by atoms with Gasteiger partial charge in [0.15, 0.2) is 0 Å². The van der Waals surface area contributed by atoms with Gasteiger partial charge in [-0.05, 0) is 30.7 Å². The summed E-state index contributed by atoms with van der Waals surface area (Å²) in [5, 5.41) is 19.1. The van der Waals surface area contributed by atoms with Crippen molar-refractivity contribution in [3.8, 4) is 0 Å². The van der Waals surface area contributed by atoms with Gasteiger partial charge >= 0.3 is 5.97 Å². The molecule has 8 nitrogen and oxygen atoms in total. The van der Waals surface area contributed by atoms with Gasteiger partial charge in [0, 0.05) is 19.0 Å². The fourth-order valence-electron chi connectivity index (χ4n) is 1.55. The molecule has 0 fully saturated rings. The monoisotopic (exact) mass is 255 g/mol. The van der Waals surface area contributed by atoms with Gasteiger partial charge in [0.05, 0.1) is 0 Å². The van der Waals surface area contributed by atoms with Crippen LogP contribution < -0.4 is 0 Å². The highest BCUT2D eigenvalue weighted by molar-refractivity contribution is 5.76. The maximum absolute atomic E-state index is 12.0. The van der Waals surface area contributed by atoms with Crippen molar-refractivity contribution in [1.29, 1.82) is 0 Å². The third-order valence-electron chi connectivity index (χ3n) is 2.42. The molecule has 1 aromatic heterocycles. The van der Waals surface area contributed by atoms with Crippen LogP contribution in [0, 0.1) is 0 Å².